The van der Waals surface area contributed by atoms with Crippen molar-refractivity contribution in [1.29, 1.82) is 0 Å². The predicted octanol–water partition coefficient (Wildman–Crippen LogP) is 5.64. The van der Waals surface area contributed by atoms with Gasteiger partial charge in [-0.2, -0.15) is 0 Å². The number of halogens is 3. The third-order valence-electron chi connectivity index (χ3n) is 5.57. The molecular formula is C24H17ClF2N2O4S. The molecule has 0 saturated heterocycles. The zero-order valence-electron chi connectivity index (χ0n) is 17.5. The second-order valence-electron chi connectivity index (χ2n) is 7.72. The lowest BCUT2D eigenvalue weighted by molar-refractivity contribution is 0.0496. The Labute approximate surface area is 200 Å². The molecule has 0 aliphatic carbocycles. The second-order valence-corrected chi connectivity index (χ2v) is 9.31. The van der Waals surface area contributed by atoms with Crippen LogP contribution in [0, 0.1) is 11.6 Å². The highest BCUT2D eigenvalue weighted by Crippen LogP contribution is 2.36. The highest BCUT2D eigenvalue weighted by Gasteiger charge is 2.22. The molecule has 0 saturated carbocycles. The van der Waals surface area contributed by atoms with Crippen LogP contribution >= 0.6 is 11.6 Å². The first-order valence-corrected chi connectivity index (χ1v) is 11.8. The van der Waals surface area contributed by atoms with Crippen molar-refractivity contribution < 1.29 is 27.6 Å². The lowest BCUT2D eigenvalue weighted by Crippen LogP contribution is -2.11. The van der Waals surface area contributed by atoms with E-state index in [1.54, 1.807) is 6.07 Å². The Kier molecular flexibility index (Phi) is 5.75. The summed E-state index contributed by atoms with van der Waals surface area (Å²) in [4.78, 5) is 12.3. The van der Waals surface area contributed by atoms with Crippen LogP contribution in [0.3, 0.4) is 0 Å². The van der Waals surface area contributed by atoms with Crippen molar-refractivity contribution in [2.75, 3.05) is 11.3 Å². The van der Waals surface area contributed by atoms with Gasteiger partial charge in [0.15, 0.2) is 16.7 Å². The molecule has 0 radical (unpaired) electrons. The van der Waals surface area contributed by atoms with Crippen molar-refractivity contribution in [3.05, 3.63) is 76.8 Å². The fraction of sp³-hybridized carbons (Fsp3) is 0.125. The summed E-state index contributed by atoms with van der Waals surface area (Å²) in [5.41, 5.74) is 1.15. The van der Waals surface area contributed by atoms with Gasteiger partial charge >= 0.3 is 5.97 Å². The van der Waals surface area contributed by atoms with Crippen LogP contribution in [-0.4, -0.2) is 26.5 Å². The number of fused-ring (bicyclic) bond motifs is 8. The lowest BCUT2D eigenvalue weighted by Gasteiger charge is -2.14. The van der Waals surface area contributed by atoms with E-state index in [0.29, 0.717) is 24.7 Å². The number of aromatic nitrogens is 1. The molecule has 4 aromatic rings. The van der Waals surface area contributed by atoms with Crippen molar-refractivity contribution in [3.8, 4) is 17.0 Å². The number of benzene rings is 3. The molecule has 1 unspecified atom stereocenters. The number of nitrogens with zero attached hydrogens (tertiary/aromatic N) is 1. The molecule has 174 valence electrons. The predicted molar refractivity (Wildman–Crippen MR) is 125 cm³/mol. The minimum Gasteiger partial charge on any atom is -0.505 e. The second kappa shape index (κ2) is 8.73. The molecule has 1 aromatic heterocycles. The number of hydrogen-bond acceptors (Lipinski definition) is 4. The minimum atomic E-state index is -2.23. The third kappa shape index (κ3) is 3.91. The Balaban J connectivity index is 1.70. The maximum atomic E-state index is 15.0. The highest BCUT2D eigenvalue weighted by atomic mass is 35.5. The van der Waals surface area contributed by atoms with Gasteiger partial charge in [-0.1, -0.05) is 29.8 Å². The summed E-state index contributed by atoms with van der Waals surface area (Å²) in [6.45, 7) is 0.445. The summed E-state index contributed by atoms with van der Waals surface area (Å²) >= 11 is 6.01. The molecule has 1 aliphatic rings. The number of carbonyl (C=O) groups excluding carboxylic acids is 1. The van der Waals surface area contributed by atoms with Gasteiger partial charge in [-0.15, -0.1) is 0 Å². The van der Waals surface area contributed by atoms with Crippen LogP contribution in [-0.2, 0) is 22.3 Å². The summed E-state index contributed by atoms with van der Waals surface area (Å²) in [6.07, 6.45) is 0.413. The average molecular weight is 503 g/mol. The number of phenolic OH excluding ortho intramolecular Hbond substituents is 1. The number of nitrogens with one attached hydrogen (secondary N) is 1. The van der Waals surface area contributed by atoms with Gasteiger partial charge in [-0.3, -0.25) is 4.72 Å². The van der Waals surface area contributed by atoms with Gasteiger partial charge in [0.25, 0.3) is 0 Å². The topological polar surface area (TPSA) is 80.6 Å². The number of aromatic hydroxyl groups is 1. The fourth-order valence-corrected chi connectivity index (χ4v) is 5.22. The smallest absolute Gasteiger partial charge is 0.338 e. The van der Waals surface area contributed by atoms with E-state index in [9.17, 15) is 22.9 Å². The van der Waals surface area contributed by atoms with E-state index >= 15 is 0 Å². The fourth-order valence-electron chi connectivity index (χ4n) is 3.96. The summed E-state index contributed by atoms with van der Waals surface area (Å²) in [5, 5.41) is 10.9. The quantitative estimate of drug-likeness (QED) is 0.305. The van der Waals surface area contributed by atoms with Crippen molar-refractivity contribution in [2.45, 2.75) is 17.9 Å². The van der Waals surface area contributed by atoms with Crippen molar-refractivity contribution in [3.63, 3.8) is 0 Å². The average Bonchev–Trinajstić information content (AvgIpc) is 3.17. The molecule has 1 atom stereocenters. The third-order valence-corrected chi connectivity index (χ3v) is 6.97. The van der Waals surface area contributed by atoms with Gasteiger partial charge in [0.05, 0.1) is 28.6 Å². The molecule has 34 heavy (non-hydrogen) atoms. The van der Waals surface area contributed by atoms with E-state index in [1.165, 1.54) is 12.1 Å². The van der Waals surface area contributed by atoms with Crippen LogP contribution in [0.2, 0.25) is 5.02 Å². The highest BCUT2D eigenvalue weighted by molar-refractivity contribution is 7.86. The number of esters is 1. The zero-order chi connectivity index (χ0) is 24.0. The summed E-state index contributed by atoms with van der Waals surface area (Å²) in [6, 6.07) is 13.6. The molecule has 6 nitrogen and oxygen atoms in total. The molecule has 5 rings (SSSR count). The van der Waals surface area contributed by atoms with E-state index < -0.39 is 34.3 Å². The molecule has 0 fully saturated rings. The Bertz CT molecular complexity index is 1490. The van der Waals surface area contributed by atoms with E-state index in [4.69, 9.17) is 16.3 Å². The first-order chi connectivity index (χ1) is 16.3. The van der Waals surface area contributed by atoms with E-state index in [-0.39, 0.29) is 33.3 Å². The van der Waals surface area contributed by atoms with Crippen LogP contribution in [0.1, 0.15) is 16.8 Å². The molecule has 0 amide bonds. The van der Waals surface area contributed by atoms with Crippen molar-refractivity contribution in [1.82, 2.24) is 4.57 Å². The minimum absolute atomic E-state index is 0.0183. The molecule has 2 N–H and O–H groups in total. The maximum Gasteiger partial charge on any atom is 0.338 e. The Morgan fingerprint density at radius 1 is 1.09 bits per heavy atom. The lowest BCUT2D eigenvalue weighted by atomic mass is 10.1. The standard InChI is InChI=1S/C24H17ClF2N2O4S/c25-16-8-14-10-22(23(16)30)34(32)28-19-11-15(17(26)12-18(19)27)21-9-13-4-1-2-5-20(13)29(21)6-3-7-33-24(14)31/h1-2,4-5,8-12,28,30H,3,6-7H2. The Morgan fingerprint density at radius 3 is 2.71 bits per heavy atom. The number of para-hydroxylation sites is 1. The molecular weight excluding hydrogens is 486 g/mol. The number of cyclic esters (lactones) is 1. The van der Waals surface area contributed by atoms with Crippen LogP contribution in [0.15, 0.2) is 59.5 Å². The molecule has 4 bridgehead atoms. The summed E-state index contributed by atoms with van der Waals surface area (Å²) < 4.78 is 52.3. The van der Waals surface area contributed by atoms with Gasteiger partial charge in [0.2, 0.25) is 0 Å². The van der Waals surface area contributed by atoms with Gasteiger partial charge in [-0.25, -0.2) is 17.8 Å². The molecule has 3 aromatic carbocycles. The number of hydrogen-bond donors (Lipinski definition) is 2. The Hall–Kier alpha value is -3.43. The number of anilines is 1. The van der Waals surface area contributed by atoms with Gasteiger partial charge < -0.3 is 14.4 Å². The number of carbonyl (C=O) groups is 1. The number of rotatable bonds is 0. The largest absolute Gasteiger partial charge is 0.505 e. The molecule has 2 heterocycles. The number of aryl methyl sites for hydroxylation is 1. The SMILES string of the molecule is O=C1OCCCn2c(cc3ccccc32)-c2cc(c(F)cc2F)NS(=O)c2cc1cc(Cl)c2O. The van der Waals surface area contributed by atoms with Crippen LogP contribution in [0.4, 0.5) is 14.5 Å². The van der Waals surface area contributed by atoms with E-state index in [2.05, 4.69) is 4.72 Å². The summed E-state index contributed by atoms with van der Waals surface area (Å²) in [5.74, 6) is -3.01. The normalized spacial score (nSPS) is 16.2. The summed E-state index contributed by atoms with van der Waals surface area (Å²) in [7, 11) is -2.23. The first-order valence-electron chi connectivity index (χ1n) is 10.3. The monoisotopic (exact) mass is 502 g/mol. The first kappa shape index (κ1) is 22.4. The van der Waals surface area contributed by atoms with Gasteiger partial charge in [0, 0.05) is 29.1 Å². The molecule has 1 aliphatic heterocycles. The van der Waals surface area contributed by atoms with Crippen LogP contribution < -0.4 is 4.72 Å². The van der Waals surface area contributed by atoms with E-state index in [0.717, 1.165) is 17.0 Å². The zero-order valence-corrected chi connectivity index (χ0v) is 19.1. The number of phenols is 1. The maximum absolute atomic E-state index is 15.0. The van der Waals surface area contributed by atoms with E-state index in [1.807, 2.05) is 28.8 Å². The van der Waals surface area contributed by atoms with Crippen LogP contribution in [0.5, 0.6) is 5.75 Å². The number of ether oxygens (including phenoxy) is 1. The van der Waals surface area contributed by atoms with Gasteiger partial charge in [0.1, 0.15) is 16.5 Å². The molecule has 10 heteroatoms. The van der Waals surface area contributed by atoms with Gasteiger partial charge in [-0.05, 0) is 36.8 Å². The Morgan fingerprint density at radius 2 is 1.88 bits per heavy atom. The molecule has 0 spiro atoms. The van der Waals surface area contributed by atoms with Crippen molar-refractivity contribution >= 4 is 45.1 Å². The van der Waals surface area contributed by atoms with Crippen LogP contribution in [0.25, 0.3) is 22.2 Å². The van der Waals surface area contributed by atoms with Crippen molar-refractivity contribution in [2.24, 2.45) is 0 Å².